The van der Waals surface area contributed by atoms with E-state index >= 15 is 0 Å². The molecule has 0 saturated heterocycles. The summed E-state index contributed by atoms with van der Waals surface area (Å²) in [4.78, 5) is 20.0. The molecule has 0 spiro atoms. The highest BCUT2D eigenvalue weighted by Crippen LogP contribution is 2.39. The fourth-order valence-electron chi connectivity index (χ4n) is 2.80. The van der Waals surface area contributed by atoms with Crippen LogP contribution < -0.4 is 4.90 Å². The molecule has 1 heterocycles. The number of fused-ring (bicyclic) bond motifs is 1. The van der Waals surface area contributed by atoms with Crippen molar-refractivity contribution in [3.05, 3.63) is 46.5 Å². The molecular weight excluding hydrogens is 280 g/mol. The molecule has 110 valence electrons. The van der Waals surface area contributed by atoms with Gasteiger partial charge in [0.05, 0.1) is 10.6 Å². The summed E-state index contributed by atoms with van der Waals surface area (Å²) >= 11 is 1.54. The Labute approximate surface area is 129 Å². The number of carbonyl (C=O) groups excluding carboxylic acids is 1. The Morgan fingerprint density at radius 3 is 2.67 bits per heavy atom. The van der Waals surface area contributed by atoms with Crippen LogP contribution in [-0.2, 0) is 13.0 Å². The fourth-order valence-corrected chi connectivity index (χ4v) is 3.78. The number of aromatic nitrogens is 1. The van der Waals surface area contributed by atoms with Crippen molar-refractivity contribution in [3.63, 3.8) is 0 Å². The number of thiazole rings is 1. The highest BCUT2D eigenvalue weighted by molar-refractivity contribution is 7.17. The smallest absolute Gasteiger partial charge is 0.186 e. The Bertz CT molecular complexity index is 661. The van der Waals surface area contributed by atoms with Gasteiger partial charge >= 0.3 is 0 Å². The summed E-state index contributed by atoms with van der Waals surface area (Å²) in [5.74, 6) is 0.248. The highest BCUT2D eigenvalue weighted by atomic mass is 32.1. The van der Waals surface area contributed by atoms with Crippen LogP contribution in [0.4, 0.5) is 5.13 Å². The van der Waals surface area contributed by atoms with Crippen LogP contribution in [-0.4, -0.2) is 17.8 Å². The first kappa shape index (κ1) is 14.3. The lowest BCUT2D eigenvalue weighted by molar-refractivity contribution is 0.0916. The number of rotatable bonds is 3. The largest absolute Gasteiger partial charge is 0.347 e. The van der Waals surface area contributed by atoms with Crippen LogP contribution in [0.3, 0.4) is 0 Å². The zero-order chi connectivity index (χ0) is 15.0. The van der Waals surface area contributed by atoms with Crippen molar-refractivity contribution in [2.24, 2.45) is 5.41 Å². The second kappa shape index (κ2) is 5.26. The number of carbonyl (C=O) groups is 1. The third-order valence-corrected chi connectivity index (χ3v) is 5.07. The lowest BCUT2D eigenvalue weighted by Gasteiger charge is -2.26. The molecule has 21 heavy (non-hydrogen) atoms. The predicted molar refractivity (Wildman–Crippen MR) is 87.1 cm³/mol. The molecule has 3 nitrogen and oxygen atoms in total. The second-order valence-corrected chi connectivity index (χ2v) is 7.53. The van der Waals surface area contributed by atoms with Crippen molar-refractivity contribution >= 4 is 22.3 Å². The maximum Gasteiger partial charge on any atom is 0.186 e. The van der Waals surface area contributed by atoms with E-state index in [1.54, 1.807) is 0 Å². The topological polar surface area (TPSA) is 33.2 Å². The van der Waals surface area contributed by atoms with E-state index in [9.17, 15) is 4.79 Å². The van der Waals surface area contributed by atoms with Gasteiger partial charge in [0, 0.05) is 20.0 Å². The normalized spacial score (nSPS) is 16.6. The summed E-state index contributed by atoms with van der Waals surface area (Å²) in [6.45, 7) is 5.09. The maximum atomic E-state index is 12.2. The molecule has 1 aliphatic rings. The molecule has 2 aromatic rings. The van der Waals surface area contributed by atoms with Gasteiger partial charge in [-0.3, -0.25) is 4.79 Å². The van der Waals surface area contributed by atoms with Crippen molar-refractivity contribution in [2.45, 2.75) is 33.2 Å². The van der Waals surface area contributed by atoms with Gasteiger partial charge in [-0.1, -0.05) is 55.5 Å². The first-order valence-electron chi connectivity index (χ1n) is 7.23. The molecule has 0 N–H and O–H groups in total. The molecule has 0 bridgehead atoms. The lowest BCUT2D eigenvalue weighted by Crippen LogP contribution is -2.26. The van der Waals surface area contributed by atoms with Crippen molar-refractivity contribution in [3.8, 4) is 0 Å². The van der Waals surface area contributed by atoms with Gasteiger partial charge in [-0.05, 0) is 17.4 Å². The van der Waals surface area contributed by atoms with Crippen molar-refractivity contribution in [1.82, 2.24) is 4.98 Å². The second-order valence-electron chi connectivity index (χ2n) is 6.55. The van der Waals surface area contributed by atoms with Crippen LogP contribution in [0.15, 0.2) is 30.3 Å². The van der Waals surface area contributed by atoms with E-state index in [0.29, 0.717) is 6.42 Å². The Morgan fingerprint density at radius 1 is 1.24 bits per heavy atom. The molecule has 0 amide bonds. The number of hydrogen-bond acceptors (Lipinski definition) is 4. The number of ketones is 1. The Kier molecular flexibility index (Phi) is 3.57. The van der Waals surface area contributed by atoms with Gasteiger partial charge in [-0.25, -0.2) is 4.98 Å². The van der Waals surface area contributed by atoms with Crippen LogP contribution >= 0.6 is 11.3 Å². The average molecular weight is 300 g/mol. The molecule has 1 aliphatic carbocycles. The molecule has 4 heteroatoms. The summed E-state index contributed by atoms with van der Waals surface area (Å²) in [5, 5.41) is 0.940. The van der Waals surface area contributed by atoms with Crippen LogP contribution in [0.1, 0.15) is 41.2 Å². The SMILES string of the molecule is CN(Cc1ccccc1)c1nc2c(s1)C(=O)CC(C)(C)C2. The summed E-state index contributed by atoms with van der Waals surface area (Å²) in [7, 11) is 2.03. The van der Waals surface area contributed by atoms with Gasteiger partial charge < -0.3 is 4.90 Å². The number of benzene rings is 1. The van der Waals surface area contributed by atoms with E-state index in [1.165, 1.54) is 16.9 Å². The van der Waals surface area contributed by atoms with Gasteiger partial charge in [0.1, 0.15) is 0 Å². The summed E-state index contributed by atoms with van der Waals surface area (Å²) in [6.07, 6.45) is 1.52. The minimum Gasteiger partial charge on any atom is -0.347 e. The molecule has 1 aromatic carbocycles. The van der Waals surface area contributed by atoms with E-state index in [2.05, 4.69) is 30.9 Å². The molecule has 3 rings (SSSR count). The predicted octanol–water partition coefficient (Wildman–Crippen LogP) is 3.93. The van der Waals surface area contributed by atoms with Crippen molar-refractivity contribution in [2.75, 3.05) is 11.9 Å². The van der Waals surface area contributed by atoms with E-state index in [0.717, 1.165) is 28.7 Å². The summed E-state index contributed by atoms with van der Waals surface area (Å²) in [6, 6.07) is 10.3. The van der Waals surface area contributed by atoms with Crippen molar-refractivity contribution in [1.29, 1.82) is 0 Å². The van der Waals surface area contributed by atoms with Crippen LogP contribution in [0.25, 0.3) is 0 Å². The summed E-state index contributed by atoms with van der Waals surface area (Å²) < 4.78 is 0. The van der Waals surface area contributed by atoms with E-state index in [1.807, 2.05) is 25.2 Å². The van der Waals surface area contributed by atoms with Gasteiger partial charge in [-0.2, -0.15) is 0 Å². The Morgan fingerprint density at radius 2 is 1.95 bits per heavy atom. The van der Waals surface area contributed by atoms with E-state index < -0.39 is 0 Å². The monoisotopic (exact) mass is 300 g/mol. The van der Waals surface area contributed by atoms with Crippen LogP contribution in [0.2, 0.25) is 0 Å². The third kappa shape index (κ3) is 3.00. The zero-order valence-corrected chi connectivity index (χ0v) is 13.5. The first-order valence-corrected chi connectivity index (χ1v) is 8.04. The number of nitrogens with zero attached hydrogens (tertiary/aromatic N) is 2. The summed E-state index contributed by atoms with van der Waals surface area (Å²) in [5.41, 5.74) is 2.27. The fraction of sp³-hybridized carbons (Fsp3) is 0.412. The minimum atomic E-state index is 0.0351. The number of hydrogen-bond donors (Lipinski definition) is 0. The highest BCUT2D eigenvalue weighted by Gasteiger charge is 2.34. The first-order chi connectivity index (χ1) is 9.94. The average Bonchev–Trinajstić information content (AvgIpc) is 2.82. The maximum absolute atomic E-state index is 12.2. The lowest BCUT2D eigenvalue weighted by atomic mass is 9.78. The molecule has 1 aromatic heterocycles. The van der Waals surface area contributed by atoms with Gasteiger partial charge in [0.25, 0.3) is 0 Å². The minimum absolute atomic E-state index is 0.0351. The van der Waals surface area contributed by atoms with E-state index in [4.69, 9.17) is 4.98 Å². The Balaban J connectivity index is 1.83. The van der Waals surface area contributed by atoms with Gasteiger partial charge in [0.15, 0.2) is 10.9 Å². The number of Topliss-reactive ketones (excluding diaryl/α,β-unsaturated/α-hetero) is 1. The van der Waals surface area contributed by atoms with Crippen LogP contribution in [0.5, 0.6) is 0 Å². The molecule has 0 radical (unpaired) electrons. The molecule has 0 unspecified atom stereocenters. The van der Waals surface area contributed by atoms with E-state index in [-0.39, 0.29) is 11.2 Å². The molecule has 0 fully saturated rings. The third-order valence-electron chi connectivity index (χ3n) is 3.81. The van der Waals surface area contributed by atoms with Gasteiger partial charge in [-0.15, -0.1) is 0 Å². The van der Waals surface area contributed by atoms with Crippen LogP contribution in [0, 0.1) is 5.41 Å². The molecule has 0 saturated carbocycles. The standard InChI is InChI=1S/C17H20N2OS/c1-17(2)9-13-15(14(20)10-17)21-16(18-13)19(3)11-12-7-5-4-6-8-12/h4-8H,9-11H2,1-3H3. The molecular formula is C17H20N2OS. The molecule has 0 atom stereocenters. The van der Waals surface area contributed by atoms with Crippen molar-refractivity contribution < 1.29 is 4.79 Å². The molecule has 0 aliphatic heterocycles. The Hall–Kier alpha value is -1.68. The quantitative estimate of drug-likeness (QED) is 0.861. The van der Waals surface area contributed by atoms with Gasteiger partial charge in [0.2, 0.25) is 0 Å². The zero-order valence-electron chi connectivity index (χ0n) is 12.7. The number of anilines is 1.